The number of primary amides is 1. The average Bonchev–Trinajstić information content (AvgIpc) is 2.55. The normalized spacial score (nSPS) is 9.82. The predicted octanol–water partition coefficient (Wildman–Crippen LogP) is 1.46. The van der Waals surface area contributed by atoms with Crippen LogP contribution in [-0.4, -0.2) is 24.4 Å². The second kappa shape index (κ2) is 6.45. The van der Waals surface area contributed by atoms with Gasteiger partial charge in [-0.1, -0.05) is 24.3 Å². The van der Waals surface area contributed by atoms with Crippen LogP contribution in [0.2, 0.25) is 0 Å². The van der Waals surface area contributed by atoms with Crippen LogP contribution in [0.3, 0.4) is 0 Å². The van der Waals surface area contributed by atoms with Gasteiger partial charge in [-0.05, 0) is 24.3 Å². The summed E-state index contributed by atoms with van der Waals surface area (Å²) in [5.74, 6) is -2.23. The van der Waals surface area contributed by atoms with Gasteiger partial charge < -0.3 is 5.73 Å². The molecule has 6 nitrogen and oxygen atoms in total. The van der Waals surface area contributed by atoms with Crippen molar-refractivity contribution in [1.29, 1.82) is 0 Å². The lowest BCUT2D eigenvalue weighted by Gasteiger charge is -2.24. The summed E-state index contributed by atoms with van der Waals surface area (Å²) < 4.78 is 0. The first-order valence-corrected chi connectivity index (χ1v) is 6.32. The van der Waals surface area contributed by atoms with Crippen LogP contribution >= 0.6 is 0 Å². The van der Waals surface area contributed by atoms with Crippen LogP contribution in [0.15, 0.2) is 48.5 Å². The van der Waals surface area contributed by atoms with Gasteiger partial charge in [0.15, 0.2) is 12.6 Å². The van der Waals surface area contributed by atoms with Crippen molar-refractivity contribution in [1.82, 2.24) is 0 Å². The molecule has 0 saturated carbocycles. The van der Waals surface area contributed by atoms with Gasteiger partial charge in [-0.25, -0.2) is 0 Å². The Morgan fingerprint density at radius 3 is 1.59 bits per heavy atom. The Morgan fingerprint density at radius 1 is 0.818 bits per heavy atom. The van der Waals surface area contributed by atoms with Crippen molar-refractivity contribution in [3.63, 3.8) is 0 Å². The molecule has 2 aromatic carbocycles. The van der Waals surface area contributed by atoms with Crippen molar-refractivity contribution < 1.29 is 19.2 Å². The highest BCUT2D eigenvalue weighted by Gasteiger charge is 2.26. The van der Waals surface area contributed by atoms with E-state index >= 15 is 0 Å². The van der Waals surface area contributed by atoms with Gasteiger partial charge in [0.25, 0.3) is 0 Å². The number of aldehydes is 2. The van der Waals surface area contributed by atoms with Crippen LogP contribution in [0, 0.1) is 0 Å². The topological polar surface area (TPSA) is 97.5 Å². The highest BCUT2D eigenvalue weighted by Crippen LogP contribution is 2.30. The number of amides is 2. The molecule has 0 unspecified atom stereocenters. The molecule has 2 amide bonds. The molecule has 22 heavy (non-hydrogen) atoms. The summed E-state index contributed by atoms with van der Waals surface area (Å²) >= 11 is 0. The average molecular weight is 296 g/mol. The third kappa shape index (κ3) is 2.76. The van der Waals surface area contributed by atoms with Crippen molar-refractivity contribution in [3.8, 4) is 0 Å². The second-order valence-corrected chi connectivity index (χ2v) is 4.36. The van der Waals surface area contributed by atoms with Crippen molar-refractivity contribution in [2.24, 2.45) is 5.73 Å². The molecule has 0 spiro atoms. The lowest BCUT2D eigenvalue weighted by atomic mass is 10.1. The van der Waals surface area contributed by atoms with E-state index in [2.05, 4.69) is 0 Å². The number of nitrogens with two attached hydrogens (primary N) is 1. The fourth-order valence-corrected chi connectivity index (χ4v) is 2.04. The quantitative estimate of drug-likeness (QED) is 0.682. The third-order valence-electron chi connectivity index (χ3n) is 3.02. The molecule has 0 bridgehead atoms. The fraction of sp³-hybridized carbons (Fsp3) is 0. The van der Waals surface area contributed by atoms with Crippen LogP contribution in [0.25, 0.3) is 0 Å². The molecule has 2 N–H and O–H groups in total. The van der Waals surface area contributed by atoms with Crippen LogP contribution in [0.5, 0.6) is 0 Å². The zero-order valence-electron chi connectivity index (χ0n) is 11.4. The van der Waals surface area contributed by atoms with E-state index in [-0.39, 0.29) is 22.5 Å². The summed E-state index contributed by atoms with van der Waals surface area (Å²) in [6.07, 6.45) is 1.11. The van der Waals surface area contributed by atoms with Crippen LogP contribution < -0.4 is 10.6 Å². The van der Waals surface area contributed by atoms with Gasteiger partial charge in [0, 0.05) is 11.1 Å². The van der Waals surface area contributed by atoms with Crippen LogP contribution in [0.1, 0.15) is 20.7 Å². The SMILES string of the molecule is NC(=O)C(=O)N(c1ccccc1C=O)c1ccccc1C=O. The lowest BCUT2D eigenvalue weighted by molar-refractivity contribution is -0.135. The Bertz CT molecular complexity index is 704. The van der Waals surface area contributed by atoms with E-state index in [1.54, 1.807) is 24.3 Å². The molecule has 2 aromatic rings. The van der Waals surface area contributed by atoms with E-state index in [4.69, 9.17) is 5.73 Å². The van der Waals surface area contributed by atoms with E-state index in [0.717, 1.165) is 4.90 Å². The lowest BCUT2D eigenvalue weighted by Crippen LogP contribution is -2.38. The molecule has 110 valence electrons. The van der Waals surface area contributed by atoms with Gasteiger partial charge in [0.1, 0.15) is 0 Å². The first-order chi connectivity index (χ1) is 10.6. The predicted molar refractivity (Wildman–Crippen MR) is 80.0 cm³/mol. The smallest absolute Gasteiger partial charge is 0.320 e. The summed E-state index contributed by atoms with van der Waals surface area (Å²) in [6, 6.07) is 12.4. The summed E-state index contributed by atoms with van der Waals surface area (Å²) in [5, 5.41) is 0. The third-order valence-corrected chi connectivity index (χ3v) is 3.02. The van der Waals surface area contributed by atoms with Crippen molar-refractivity contribution in [2.75, 3.05) is 4.90 Å². The van der Waals surface area contributed by atoms with Gasteiger partial charge in [0.05, 0.1) is 11.4 Å². The van der Waals surface area contributed by atoms with Gasteiger partial charge in [-0.2, -0.15) is 0 Å². The largest absolute Gasteiger partial charge is 0.361 e. The standard InChI is InChI=1S/C16H12N2O4/c17-15(21)16(22)18(13-7-3-1-5-11(13)9-19)14-8-4-2-6-12(14)10-20/h1-10H,(H2,17,21). The summed E-state index contributed by atoms with van der Waals surface area (Å²) in [6.45, 7) is 0. The number of nitrogens with zero attached hydrogens (tertiary/aromatic N) is 1. The van der Waals surface area contributed by atoms with Crippen LogP contribution in [-0.2, 0) is 9.59 Å². The van der Waals surface area contributed by atoms with Crippen molar-refractivity contribution >= 4 is 35.8 Å². The number of rotatable bonds is 4. The minimum atomic E-state index is -1.19. The second-order valence-electron chi connectivity index (χ2n) is 4.36. The first-order valence-electron chi connectivity index (χ1n) is 6.32. The van der Waals surface area contributed by atoms with E-state index in [0.29, 0.717) is 12.6 Å². The highest BCUT2D eigenvalue weighted by atomic mass is 16.2. The Hall–Kier alpha value is -3.28. The zero-order chi connectivity index (χ0) is 16.1. The Morgan fingerprint density at radius 2 is 1.23 bits per heavy atom. The number of hydrogen-bond donors (Lipinski definition) is 1. The Balaban J connectivity index is 2.72. The molecule has 0 aromatic heterocycles. The number of para-hydroxylation sites is 2. The minimum absolute atomic E-state index is 0.176. The molecule has 0 aliphatic rings. The first kappa shape index (κ1) is 15.1. The van der Waals surface area contributed by atoms with E-state index in [9.17, 15) is 19.2 Å². The fourth-order valence-electron chi connectivity index (χ4n) is 2.04. The maximum absolute atomic E-state index is 12.2. The van der Waals surface area contributed by atoms with Crippen LogP contribution in [0.4, 0.5) is 11.4 Å². The molecule has 0 saturated heterocycles. The molecule has 6 heteroatoms. The molecular formula is C16H12N2O4. The number of carbonyl (C=O) groups excluding carboxylic acids is 4. The molecule has 2 rings (SSSR count). The maximum atomic E-state index is 12.2. The zero-order valence-corrected chi connectivity index (χ0v) is 11.4. The number of benzene rings is 2. The molecule has 0 radical (unpaired) electrons. The van der Waals surface area contributed by atoms with E-state index in [1.165, 1.54) is 24.3 Å². The minimum Gasteiger partial charge on any atom is -0.361 e. The Kier molecular flexibility index (Phi) is 4.43. The number of anilines is 2. The molecule has 0 aliphatic carbocycles. The summed E-state index contributed by atoms with van der Waals surface area (Å²) in [7, 11) is 0. The summed E-state index contributed by atoms with van der Waals surface area (Å²) in [4.78, 5) is 46.9. The molecule has 0 fully saturated rings. The molecule has 0 heterocycles. The van der Waals surface area contributed by atoms with E-state index < -0.39 is 11.8 Å². The van der Waals surface area contributed by atoms with Gasteiger partial charge >= 0.3 is 11.8 Å². The Labute approximate surface area is 126 Å². The van der Waals surface area contributed by atoms with Crippen molar-refractivity contribution in [3.05, 3.63) is 59.7 Å². The van der Waals surface area contributed by atoms with Gasteiger partial charge in [-0.3, -0.25) is 24.1 Å². The maximum Gasteiger partial charge on any atom is 0.320 e. The van der Waals surface area contributed by atoms with Crippen molar-refractivity contribution in [2.45, 2.75) is 0 Å². The molecule has 0 aliphatic heterocycles. The number of carbonyl (C=O) groups is 4. The van der Waals surface area contributed by atoms with Gasteiger partial charge in [0.2, 0.25) is 0 Å². The van der Waals surface area contributed by atoms with E-state index in [1.807, 2.05) is 0 Å². The van der Waals surface area contributed by atoms with Gasteiger partial charge in [-0.15, -0.1) is 0 Å². The molecular weight excluding hydrogens is 284 g/mol. The number of hydrogen-bond acceptors (Lipinski definition) is 4. The molecule has 0 atom stereocenters. The summed E-state index contributed by atoms with van der Waals surface area (Å²) in [5.41, 5.74) is 5.83. The highest BCUT2D eigenvalue weighted by molar-refractivity contribution is 6.42. The monoisotopic (exact) mass is 296 g/mol.